The van der Waals surface area contributed by atoms with Crippen LogP contribution in [0.25, 0.3) is 22.9 Å². The van der Waals surface area contributed by atoms with Crippen molar-refractivity contribution in [3.8, 4) is 28.6 Å². The Bertz CT molecular complexity index is 1920. The van der Waals surface area contributed by atoms with Gasteiger partial charge in [0.1, 0.15) is 5.75 Å². The summed E-state index contributed by atoms with van der Waals surface area (Å²) in [5.74, 6) is 2.65. The zero-order valence-corrected chi connectivity index (χ0v) is 34.7. The third-order valence-electron chi connectivity index (χ3n) is 8.87. The van der Waals surface area contributed by atoms with E-state index in [0.29, 0.717) is 0 Å². The van der Waals surface area contributed by atoms with Crippen molar-refractivity contribution in [1.29, 1.82) is 0 Å². The molecule has 5 heterocycles. The molecule has 5 aromatic heterocycles. The van der Waals surface area contributed by atoms with Crippen molar-refractivity contribution in [2.45, 2.75) is 88.0 Å². The maximum Gasteiger partial charge on any atom is 1.00 e. The van der Waals surface area contributed by atoms with Crippen LogP contribution in [0.4, 0.5) is 0 Å². The maximum atomic E-state index is 5.79. The van der Waals surface area contributed by atoms with Crippen molar-refractivity contribution in [2.24, 2.45) is 5.73 Å². The van der Waals surface area contributed by atoms with Crippen LogP contribution in [0.1, 0.15) is 76.3 Å². The van der Waals surface area contributed by atoms with Gasteiger partial charge in [-0.3, -0.25) is 0 Å². The van der Waals surface area contributed by atoms with E-state index in [1.54, 1.807) is 6.20 Å². The minimum atomic E-state index is 0. The standard InChI is InChI=1S/C18H23N2O.2C12H15N3.Os/c1-15-7-6-8-16(13-15)18-14-17(9-11-20-18)21-12-5-3-2-4-10-19;2*1-8-5-6-13-12(7-8)15-11(4)9(2)10(3)14-15;/h6-7,9,11,13-14H,2-5,10,12,19H2,1H3;2*5-7H,1-4H3;/q-1;;;+1. The number of rotatable bonds is 10. The topological polar surface area (TPSA) is 110 Å². The summed E-state index contributed by atoms with van der Waals surface area (Å²) >= 11 is 0. The van der Waals surface area contributed by atoms with Gasteiger partial charge in [0.15, 0.2) is 11.6 Å². The molecule has 0 amide bonds. The molecule has 6 rings (SSSR count). The van der Waals surface area contributed by atoms with Gasteiger partial charge in [-0.25, -0.2) is 19.3 Å². The quantitative estimate of drug-likeness (QED) is 0.108. The number of ether oxygens (including phenoxy) is 1. The minimum Gasteiger partial charge on any atom is -0.494 e. The van der Waals surface area contributed by atoms with E-state index in [-0.39, 0.29) is 19.8 Å². The molecular formula is C42H53N8OOs. The minimum absolute atomic E-state index is 0. The van der Waals surface area contributed by atoms with Crippen molar-refractivity contribution in [1.82, 2.24) is 34.5 Å². The summed E-state index contributed by atoms with van der Waals surface area (Å²) in [6.07, 6.45) is 9.93. The number of hydrogen-bond donors (Lipinski definition) is 1. The van der Waals surface area contributed by atoms with Crippen LogP contribution >= 0.6 is 0 Å². The van der Waals surface area contributed by atoms with E-state index in [2.05, 4.69) is 85.7 Å². The monoisotopic (exact) mass is 877 g/mol. The number of nitrogens with zero attached hydrogens (tertiary/aromatic N) is 7. The van der Waals surface area contributed by atoms with Crippen LogP contribution in [0.5, 0.6) is 5.75 Å². The number of benzene rings is 1. The van der Waals surface area contributed by atoms with Crippen molar-refractivity contribution in [3.05, 3.63) is 130 Å². The molecule has 0 fully saturated rings. The van der Waals surface area contributed by atoms with E-state index >= 15 is 0 Å². The predicted octanol–water partition coefficient (Wildman–Crippen LogP) is 8.75. The van der Waals surface area contributed by atoms with Gasteiger partial charge in [-0.05, 0) is 139 Å². The normalized spacial score (nSPS) is 10.4. The summed E-state index contributed by atoms with van der Waals surface area (Å²) in [7, 11) is 0. The van der Waals surface area contributed by atoms with Crippen LogP contribution in [0.3, 0.4) is 0 Å². The summed E-state index contributed by atoms with van der Waals surface area (Å²) in [6, 6.07) is 21.2. The van der Waals surface area contributed by atoms with Crippen molar-refractivity contribution in [2.75, 3.05) is 13.2 Å². The molecule has 10 heteroatoms. The molecule has 6 aromatic rings. The number of aromatic nitrogens is 7. The second-order valence-corrected chi connectivity index (χ2v) is 13.0. The summed E-state index contributed by atoms with van der Waals surface area (Å²) in [5.41, 5.74) is 17.9. The third kappa shape index (κ3) is 11.8. The first-order chi connectivity index (χ1) is 24.5. The summed E-state index contributed by atoms with van der Waals surface area (Å²) in [4.78, 5) is 13.0. The molecule has 0 aliphatic heterocycles. The molecule has 0 unspecified atom stereocenters. The third-order valence-corrected chi connectivity index (χ3v) is 8.87. The smallest absolute Gasteiger partial charge is 0.494 e. The van der Waals surface area contributed by atoms with Gasteiger partial charge in [-0.15, -0.1) is 35.4 Å². The van der Waals surface area contributed by atoms with Gasteiger partial charge in [-0.2, -0.15) is 10.2 Å². The molecule has 1 radical (unpaired) electrons. The number of unbranched alkanes of at least 4 members (excludes halogenated alkanes) is 3. The Hall–Kier alpha value is -4.51. The van der Waals surface area contributed by atoms with Crippen molar-refractivity contribution in [3.63, 3.8) is 0 Å². The molecule has 9 nitrogen and oxygen atoms in total. The SMILES string of the molecule is Cc1cc[c-]c(-c2cc(OCCCCCCN)ccn2)c1.Cc1ccnc(-n2nc(C)c(C)c2C)c1.Cc1ccnc(-n2nc(C)c(C)c2C)c1.[Os+]. The van der Waals surface area contributed by atoms with Gasteiger partial charge in [0, 0.05) is 30.0 Å². The van der Waals surface area contributed by atoms with E-state index < -0.39 is 0 Å². The van der Waals surface area contributed by atoms with Crippen molar-refractivity contribution >= 4 is 0 Å². The molecular weight excluding hydrogens is 823 g/mol. The van der Waals surface area contributed by atoms with E-state index in [1.165, 1.54) is 40.7 Å². The molecule has 0 bridgehead atoms. The predicted molar refractivity (Wildman–Crippen MR) is 207 cm³/mol. The Morgan fingerprint density at radius 2 is 1.13 bits per heavy atom. The zero-order chi connectivity index (χ0) is 36.9. The molecule has 0 saturated carbocycles. The first-order valence-electron chi connectivity index (χ1n) is 17.7. The molecule has 0 saturated heterocycles. The number of nitrogens with two attached hydrogens (primary N) is 1. The summed E-state index contributed by atoms with van der Waals surface area (Å²) in [6.45, 7) is 20.1. The molecule has 52 heavy (non-hydrogen) atoms. The average Bonchev–Trinajstić information content (AvgIpc) is 3.54. The zero-order valence-electron chi connectivity index (χ0n) is 32.1. The summed E-state index contributed by atoms with van der Waals surface area (Å²) < 4.78 is 9.59. The second-order valence-electron chi connectivity index (χ2n) is 13.0. The number of aryl methyl sites for hydroxylation is 5. The van der Waals surface area contributed by atoms with Gasteiger partial charge >= 0.3 is 19.8 Å². The molecule has 2 N–H and O–H groups in total. The van der Waals surface area contributed by atoms with Crippen LogP contribution < -0.4 is 10.5 Å². The van der Waals surface area contributed by atoms with E-state index in [1.807, 2.05) is 84.1 Å². The molecule has 0 aliphatic rings. The molecule has 0 aliphatic carbocycles. The Morgan fingerprint density at radius 1 is 0.615 bits per heavy atom. The molecule has 0 atom stereocenters. The van der Waals surface area contributed by atoms with Crippen LogP contribution in [0.15, 0.2) is 73.2 Å². The van der Waals surface area contributed by atoms with Gasteiger partial charge in [0.25, 0.3) is 0 Å². The van der Waals surface area contributed by atoms with Crippen LogP contribution in [-0.2, 0) is 19.8 Å². The Balaban J connectivity index is 0.000000213. The molecule has 1 aromatic carbocycles. The van der Waals surface area contributed by atoms with Gasteiger partial charge < -0.3 is 15.5 Å². The Kier molecular flexibility index (Phi) is 16.5. The van der Waals surface area contributed by atoms with Crippen LogP contribution in [0.2, 0.25) is 0 Å². The average molecular weight is 876 g/mol. The Morgan fingerprint density at radius 3 is 1.62 bits per heavy atom. The Labute approximate surface area is 323 Å². The number of pyridine rings is 3. The molecule has 0 spiro atoms. The molecule has 275 valence electrons. The number of hydrogen-bond acceptors (Lipinski definition) is 7. The van der Waals surface area contributed by atoms with Gasteiger partial charge in [-0.1, -0.05) is 19.8 Å². The largest absolute Gasteiger partial charge is 1.00 e. The van der Waals surface area contributed by atoms with Crippen molar-refractivity contribution < 1.29 is 24.5 Å². The van der Waals surface area contributed by atoms with E-state index in [4.69, 9.17) is 10.5 Å². The van der Waals surface area contributed by atoms with E-state index in [0.717, 1.165) is 77.4 Å². The second kappa shape index (κ2) is 20.5. The van der Waals surface area contributed by atoms with Gasteiger partial charge in [0.2, 0.25) is 0 Å². The van der Waals surface area contributed by atoms with Crippen LogP contribution in [-0.4, -0.2) is 47.7 Å². The maximum absolute atomic E-state index is 5.79. The first kappa shape index (κ1) is 41.9. The van der Waals surface area contributed by atoms with Crippen LogP contribution in [0, 0.1) is 68.4 Å². The fourth-order valence-electron chi connectivity index (χ4n) is 5.33. The fourth-order valence-corrected chi connectivity index (χ4v) is 5.33. The van der Waals surface area contributed by atoms with E-state index in [9.17, 15) is 0 Å². The van der Waals surface area contributed by atoms with Gasteiger partial charge in [0.05, 0.1) is 18.0 Å². The first-order valence-corrected chi connectivity index (χ1v) is 17.7. The fraction of sp³-hybridized carbons (Fsp3) is 0.357. The summed E-state index contributed by atoms with van der Waals surface area (Å²) in [5, 5.41) is 8.95.